The van der Waals surface area contributed by atoms with Crippen molar-refractivity contribution in [1.82, 2.24) is 4.72 Å². The van der Waals surface area contributed by atoms with E-state index >= 15 is 0 Å². The highest BCUT2D eigenvalue weighted by Gasteiger charge is 2.09. The Morgan fingerprint density at radius 1 is 1.29 bits per heavy atom. The molecule has 0 radical (unpaired) electrons. The molecule has 0 bridgehead atoms. The minimum Gasteiger partial charge on any atom is -0.213 e. The molecule has 0 unspecified atom stereocenters. The largest absolute Gasteiger partial charge is 0.213 e. The van der Waals surface area contributed by atoms with Crippen molar-refractivity contribution < 1.29 is 8.42 Å². The van der Waals surface area contributed by atoms with Gasteiger partial charge in [-0.2, -0.15) is 0 Å². The topological polar surface area (TPSA) is 46.2 Å². The van der Waals surface area contributed by atoms with Crippen LogP contribution < -0.4 is 4.72 Å². The second-order valence-electron chi connectivity index (χ2n) is 3.16. The van der Waals surface area contributed by atoms with Crippen LogP contribution in [0.1, 0.15) is 18.5 Å². The van der Waals surface area contributed by atoms with E-state index in [1.165, 1.54) is 0 Å². The van der Waals surface area contributed by atoms with Gasteiger partial charge in [0.15, 0.2) is 0 Å². The quantitative estimate of drug-likeness (QED) is 0.919. The van der Waals surface area contributed by atoms with Crippen molar-refractivity contribution in [3.63, 3.8) is 0 Å². The van der Waals surface area contributed by atoms with Crippen molar-refractivity contribution in [2.75, 3.05) is 6.26 Å². The molecule has 0 aliphatic carbocycles. The van der Waals surface area contributed by atoms with E-state index in [1.54, 1.807) is 0 Å². The van der Waals surface area contributed by atoms with Gasteiger partial charge in [0.25, 0.3) is 0 Å². The maximum atomic E-state index is 11.0. The molecule has 0 amide bonds. The van der Waals surface area contributed by atoms with Crippen LogP contribution in [-0.4, -0.2) is 14.7 Å². The molecule has 0 heterocycles. The third-order valence-electron chi connectivity index (χ3n) is 1.76. The maximum Gasteiger partial charge on any atom is 0.209 e. The molecule has 1 aromatic carbocycles. The zero-order valence-electron chi connectivity index (χ0n) is 7.99. The maximum absolute atomic E-state index is 11.0. The van der Waals surface area contributed by atoms with Gasteiger partial charge in [-0.1, -0.05) is 28.1 Å². The molecule has 78 valence electrons. The predicted molar refractivity (Wildman–Crippen MR) is 60.5 cm³/mol. The van der Waals surface area contributed by atoms with Crippen molar-refractivity contribution in [2.45, 2.75) is 13.0 Å². The first kappa shape index (κ1) is 11.7. The van der Waals surface area contributed by atoms with E-state index in [1.807, 2.05) is 31.2 Å². The summed E-state index contributed by atoms with van der Waals surface area (Å²) in [7, 11) is -3.14. The number of sulfonamides is 1. The standard InChI is InChI=1S/C9H12BrNO2S/c1-7(11-14(2,12)13)8-3-5-9(10)6-4-8/h3-7,11H,1-2H3/t7-/m0/s1. The van der Waals surface area contributed by atoms with Crippen LogP contribution in [0.15, 0.2) is 28.7 Å². The van der Waals surface area contributed by atoms with E-state index in [2.05, 4.69) is 20.7 Å². The van der Waals surface area contributed by atoms with Crippen LogP contribution in [0.25, 0.3) is 0 Å². The Bertz CT molecular complexity index is 399. The van der Waals surface area contributed by atoms with Gasteiger partial charge in [-0.3, -0.25) is 0 Å². The summed E-state index contributed by atoms with van der Waals surface area (Å²) in [6.07, 6.45) is 1.16. The number of nitrogens with one attached hydrogen (secondary N) is 1. The number of rotatable bonds is 3. The lowest BCUT2D eigenvalue weighted by atomic mass is 10.1. The molecular weight excluding hydrogens is 266 g/mol. The van der Waals surface area contributed by atoms with Gasteiger partial charge in [-0.05, 0) is 24.6 Å². The molecule has 1 rings (SSSR count). The van der Waals surface area contributed by atoms with Crippen molar-refractivity contribution in [2.24, 2.45) is 0 Å². The van der Waals surface area contributed by atoms with E-state index < -0.39 is 10.0 Å². The second kappa shape index (κ2) is 4.42. The molecule has 1 aromatic rings. The molecule has 0 aliphatic rings. The van der Waals surface area contributed by atoms with Crippen LogP contribution in [0.4, 0.5) is 0 Å². The van der Waals surface area contributed by atoms with Crippen molar-refractivity contribution in [3.8, 4) is 0 Å². The molecule has 0 fully saturated rings. The third-order valence-corrected chi connectivity index (χ3v) is 3.07. The summed E-state index contributed by atoms with van der Waals surface area (Å²) in [5, 5.41) is 0. The summed E-state index contributed by atoms with van der Waals surface area (Å²) in [6.45, 7) is 1.81. The molecular formula is C9H12BrNO2S. The van der Waals surface area contributed by atoms with Gasteiger partial charge in [-0.15, -0.1) is 0 Å². The van der Waals surface area contributed by atoms with E-state index in [4.69, 9.17) is 0 Å². The minimum atomic E-state index is -3.14. The van der Waals surface area contributed by atoms with Crippen LogP contribution in [0.5, 0.6) is 0 Å². The van der Waals surface area contributed by atoms with Gasteiger partial charge < -0.3 is 0 Å². The average Bonchev–Trinajstić information content (AvgIpc) is 2.02. The van der Waals surface area contributed by atoms with Crippen molar-refractivity contribution in [1.29, 1.82) is 0 Å². The fourth-order valence-corrected chi connectivity index (χ4v) is 2.18. The summed E-state index contributed by atoms with van der Waals surface area (Å²) in [4.78, 5) is 0. The Hall–Kier alpha value is -0.390. The molecule has 1 N–H and O–H groups in total. The molecule has 0 saturated heterocycles. The molecule has 0 spiro atoms. The molecule has 14 heavy (non-hydrogen) atoms. The predicted octanol–water partition coefficient (Wildman–Crippen LogP) is 2.06. The Balaban J connectivity index is 2.80. The van der Waals surface area contributed by atoms with Crippen molar-refractivity contribution in [3.05, 3.63) is 34.3 Å². The first-order valence-corrected chi connectivity index (χ1v) is 6.80. The van der Waals surface area contributed by atoms with Gasteiger partial charge >= 0.3 is 0 Å². The summed E-state index contributed by atoms with van der Waals surface area (Å²) >= 11 is 3.32. The fourth-order valence-electron chi connectivity index (χ4n) is 1.14. The highest BCUT2D eigenvalue weighted by Crippen LogP contribution is 2.16. The first-order chi connectivity index (χ1) is 6.38. The normalized spacial score (nSPS) is 13.9. The van der Waals surface area contributed by atoms with E-state index in [-0.39, 0.29) is 6.04 Å². The van der Waals surface area contributed by atoms with E-state index in [0.717, 1.165) is 16.3 Å². The zero-order chi connectivity index (χ0) is 10.8. The monoisotopic (exact) mass is 277 g/mol. The summed E-state index contributed by atoms with van der Waals surface area (Å²) in [6, 6.07) is 7.34. The van der Waals surface area contributed by atoms with E-state index in [9.17, 15) is 8.42 Å². The van der Waals surface area contributed by atoms with Crippen LogP contribution in [-0.2, 0) is 10.0 Å². The molecule has 0 aromatic heterocycles. The lowest BCUT2D eigenvalue weighted by molar-refractivity contribution is 0.573. The van der Waals surface area contributed by atoms with Crippen LogP contribution in [0.2, 0.25) is 0 Å². The SMILES string of the molecule is C[C@H](NS(C)(=O)=O)c1ccc(Br)cc1. The number of hydrogen-bond acceptors (Lipinski definition) is 2. The van der Waals surface area contributed by atoms with Crippen LogP contribution in [0.3, 0.4) is 0 Å². The lowest BCUT2D eigenvalue weighted by Gasteiger charge is -2.12. The number of benzene rings is 1. The molecule has 5 heteroatoms. The molecule has 3 nitrogen and oxygen atoms in total. The Morgan fingerprint density at radius 3 is 2.21 bits per heavy atom. The van der Waals surface area contributed by atoms with Gasteiger partial charge in [0, 0.05) is 10.5 Å². The lowest BCUT2D eigenvalue weighted by Crippen LogP contribution is -2.25. The minimum absolute atomic E-state index is 0.196. The van der Waals surface area contributed by atoms with Gasteiger partial charge in [0.1, 0.15) is 0 Å². The second-order valence-corrected chi connectivity index (χ2v) is 5.86. The molecule has 1 atom stereocenters. The first-order valence-electron chi connectivity index (χ1n) is 4.11. The Labute approximate surface area is 92.7 Å². The third kappa shape index (κ3) is 3.77. The Kier molecular flexibility index (Phi) is 3.69. The van der Waals surface area contributed by atoms with Gasteiger partial charge in [0.2, 0.25) is 10.0 Å². The Morgan fingerprint density at radius 2 is 1.79 bits per heavy atom. The summed E-state index contributed by atoms with van der Waals surface area (Å²) in [5.41, 5.74) is 0.943. The number of halogens is 1. The van der Waals surface area contributed by atoms with Crippen molar-refractivity contribution >= 4 is 26.0 Å². The average molecular weight is 278 g/mol. The van der Waals surface area contributed by atoms with Crippen LogP contribution >= 0.6 is 15.9 Å². The van der Waals surface area contributed by atoms with Crippen LogP contribution in [0, 0.1) is 0 Å². The summed E-state index contributed by atoms with van der Waals surface area (Å²) < 4.78 is 25.4. The van der Waals surface area contributed by atoms with Gasteiger partial charge in [-0.25, -0.2) is 13.1 Å². The van der Waals surface area contributed by atoms with E-state index in [0.29, 0.717) is 0 Å². The fraction of sp³-hybridized carbons (Fsp3) is 0.333. The summed E-state index contributed by atoms with van der Waals surface area (Å²) in [5.74, 6) is 0. The highest BCUT2D eigenvalue weighted by molar-refractivity contribution is 9.10. The molecule has 0 saturated carbocycles. The highest BCUT2D eigenvalue weighted by atomic mass is 79.9. The smallest absolute Gasteiger partial charge is 0.209 e. The zero-order valence-corrected chi connectivity index (χ0v) is 10.4. The van der Waals surface area contributed by atoms with Gasteiger partial charge in [0.05, 0.1) is 6.26 Å². The molecule has 0 aliphatic heterocycles. The number of hydrogen-bond donors (Lipinski definition) is 1.